The second-order valence-electron chi connectivity index (χ2n) is 6.82. The number of hydrogen-bond acceptors (Lipinski definition) is 4. The molecule has 27 heavy (non-hydrogen) atoms. The summed E-state index contributed by atoms with van der Waals surface area (Å²) in [5.41, 5.74) is 2.04. The van der Waals surface area contributed by atoms with E-state index in [-0.39, 0.29) is 6.61 Å². The van der Waals surface area contributed by atoms with E-state index in [1.165, 1.54) is 32.1 Å². The lowest BCUT2D eigenvalue weighted by Crippen LogP contribution is -2.23. The average molecular weight is 372 g/mol. The Morgan fingerprint density at radius 3 is 2.22 bits per heavy atom. The van der Waals surface area contributed by atoms with E-state index in [0.29, 0.717) is 13.2 Å². The van der Waals surface area contributed by atoms with Crippen LogP contribution in [0.4, 0.5) is 11.4 Å². The highest BCUT2D eigenvalue weighted by Gasteiger charge is 2.06. The van der Waals surface area contributed by atoms with Crippen molar-refractivity contribution in [2.45, 2.75) is 51.6 Å². The SMILES string of the molecule is CCCCCCCCOCC(O)COc1ccc(Nc2ccccc2)cc1. The van der Waals surface area contributed by atoms with E-state index in [1.54, 1.807) is 0 Å². The largest absolute Gasteiger partial charge is 0.491 e. The molecule has 0 radical (unpaired) electrons. The molecule has 1 unspecified atom stereocenters. The highest BCUT2D eigenvalue weighted by Crippen LogP contribution is 2.20. The molecular weight excluding hydrogens is 338 g/mol. The summed E-state index contributed by atoms with van der Waals surface area (Å²) >= 11 is 0. The van der Waals surface area contributed by atoms with Crippen LogP contribution in [0.2, 0.25) is 0 Å². The Balaban J connectivity index is 1.56. The van der Waals surface area contributed by atoms with Gasteiger partial charge in [0.2, 0.25) is 0 Å². The van der Waals surface area contributed by atoms with Gasteiger partial charge >= 0.3 is 0 Å². The van der Waals surface area contributed by atoms with Crippen LogP contribution in [-0.2, 0) is 4.74 Å². The van der Waals surface area contributed by atoms with Gasteiger partial charge in [0, 0.05) is 18.0 Å². The number of benzene rings is 2. The van der Waals surface area contributed by atoms with E-state index in [9.17, 15) is 5.11 Å². The van der Waals surface area contributed by atoms with Crippen molar-refractivity contribution in [2.24, 2.45) is 0 Å². The number of para-hydroxylation sites is 1. The van der Waals surface area contributed by atoms with Crippen LogP contribution in [0.15, 0.2) is 54.6 Å². The molecule has 2 rings (SSSR count). The average Bonchev–Trinajstić information content (AvgIpc) is 2.70. The van der Waals surface area contributed by atoms with Gasteiger partial charge in [0.1, 0.15) is 18.5 Å². The minimum Gasteiger partial charge on any atom is -0.491 e. The van der Waals surface area contributed by atoms with Crippen LogP contribution in [0.3, 0.4) is 0 Å². The van der Waals surface area contributed by atoms with Gasteiger partial charge in [-0.3, -0.25) is 0 Å². The monoisotopic (exact) mass is 371 g/mol. The zero-order valence-corrected chi connectivity index (χ0v) is 16.4. The molecule has 0 aliphatic heterocycles. The standard InChI is InChI=1S/C23H33NO3/c1-2-3-4-5-6-10-17-26-18-22(25)19-27-23-15-13-21(14-16-23)24-20-11-8-7-9-12-20/h7-9,11-16,22,24-25H,2-6,10,17-19H2,1H3. The fourth-order valence-corrected chi connectivity index (χ4v) is 2.77. The van der Waals surface area contributed by atoms with Gasteiger partial charge in [0.05, 0.1) is 6.61 Å². The van der Waals surface area contributed by atoms with Crippen molar-refractivity contribution >= 4 is 11.4 Å². The molecule has 1 atom stereocenters. The summed E-state index contributed by atoms with van der Waals surface area (Å²) in [4.78, 5) is 0. The Morgan fingerprint density at radius 2 is 1.48 bits per heavy atom. The van der Waals surface area contributed by atoms with Crippen molar-refractivity contribution in [1.29, 1.82) is 0 Å². The van der Waals surface area contributed by atoms with E-state index in [4.69, 9.17) is 9.47 Å². The minimum atomic E-state index is -0.604. The highest BCUT2D eigenvalue weighted by molar-refractivity contribution is 5.59. The summed E-state index contributed by atoms with van der Waals surface area (Å²) in [5.74, 6) is 0.739. The summed E-state index contributed by atoms with van der Waals surface area (Å²) in [5, 5.41) is 13.3. The summed E-state index contributed by atoms with van der Waals surface area (Å²) in [6.45, 7) is 3.50. The molecule has 148 valence electrons. The zero-order chi connectivity index (χ0) is 19.2. The van der Waals surface area contributed by atoms with Crippen LogP contribution in [-0.4, -0.2) is 31.0 Å². The van der Waals surface area contributed by atoms with Gasteiger partial charge in [0.25, 0.3) is 0 Å². The number of nitrogens with one attached hydrogen (secondary N) is 1. The Hall–Kier alpha value is -2.04. The maximum atomic E-state index is 9.97. The van der Waals surface area contributed by atoms with Crippen molar-refractivity contribution in [1.82, 2.24) is 0 Å². The van der Waals surface area contributed by atoms with Gasteiger partial charge in [-0.1, -0.05) is 57.2 Å². The van der Waals surface area contributed by atoms with Crippen LogP contribution in [0.1, 0.15) is 45.4 Å². The third kappa shape index (κ3) is 9.45. The van der Waals surface area contributed by atoms with Gasteiger partial charge in [0.15, 0.2) is 0 Å². The maximum absolute atomic E-state index is 9.97. The van der Waals surface area contributed by atoms with Crippen LogP contribution < -0.4 is 10.1 Å². The van der Waals surface area contributed by atoms with Gasteiger partial charge < -0.3 is 19.9 Å². The Labute approximate surface area is 163 Å². The molecule has 0 spiro atoms. The number of hydrogen-bond donors (Lipinski definition) is 2. The van der Waals surface area contributed by atoms with E-state index >= 15 is 0 Å². The second-order valence-corrected chi connectivity index (χ2v) is 6.82. The van der Waals surface area contributed by atoms with Gasteiger partial charge in [-0.15, -0.1) is 0 Å². The van der Waals surface area contributed by atoms with Crippen LogP contribution in [0.25, 0.3) is 0 Å². The molecule has 0 heterocycles. The molecule has 4 heteroatoms. The molecule has 2 aromatic carbocycles. The number of anilines is 2. The highest BCUT2D eigenvalue weighted by atomic mass is 16.5. The third-order valence-electron chi connectivity index (χ3n) is 4.31. The molecule has 0 aromatic heterocycles. The number of aliphatic hydroxyl groups is 1. The molecule has 0 saturated heterocycles. The molecule has 0 saturated carbocycles. The van der Waals surface area contributed by atoms with E-state index in [0.717, 1.165) is 23.5 Å². The van der Waals surface area contributed by atoms with Crippen molar-refractivity contribution < 1.29 is 14.6 Å². The van der Waals surface area contributed by atoms with Gasteiger partial charge in [-0.25, -0.2) is 0 Å². The first-order valence-electron chi connectivity index (χ1n) is 10.1. The quantitative estimate of drug-likeness (QED) is 0.428. The molecular formula is C23H33NO3. The maximum Gasteiger partial charge on any atom is 0.119 e. The molecule has 0 bridgehead atoms. The lowest BCUT2D eigenvalue weighted by atomic mass is 10.1. The number of aliphatic hydroxyl groups excluding tert-OH is 1. The Bertz CT molecular complexity index is 601. The Kier molecular flexibility index (Phi) is 10.4. The van der Waals surface area contributed by atoms with Crippen LogP contribution in [0.5, 0.6) is 5.75 Å². The normalized spacial score (nSPS) is 11.9. The van der Waals surface area contributed by atoms with Crippen LogP contribution in [0, 0.1) is 0 Å². The molecule has 4 nitrogen and oxygen atoms in total. The lowest BCUT2D eigenvalue weighted by molar-refractivity contribution is 0.0110. The molecule has 0 aliphatic carbocycles. The second kappa shape index (κ2) is 13.2. The molecule has 2 N–H and O–H groups in total. The molecule has 0 fully saturated rings. The van der Waals surface area contributed by atoms with Crippen molar-refractivity contribution in [2.75, 3.05) is 25.1 Å². The molecule has 0 amide bonds. The predicted octanol–water partition coefficient (Wildman–Crippen LogP) is 5.55. The number of ether oxygens (including phenoxy) is 2. The van der Waals surface area contributed by atoms with Crippen LogP contribution >= 0.6 is 0 Å². The van der Waals surface area contributed by atoms with Crippen molar-refractivity contribution in [3.05, 3.63) is 54.6 Å². The predicted molar refractivity (Wildman–Crippen MR) is 112 cm³/mol. The van der Waals surface area contributed by atoms with Gasteiger partial charge in [-0.2, -0.15) is 0 Å². The zero-order valence-electron chi connectivity index (χ0n) is 16.4. The first kappa shape index (κ1) is 21.3. The molecule has 2 aromatic rings. The fourth-order valence-electron chi connectivity index (χ4n) is 2.77. The van der Waals surface area contributed by atoms with Crippen molar-refractivity contribution in [3.63, 3.8) is 0 Å². The summed E-state index contributed by atoms with van der Waals surface area (Å²) in [7, 11) is 0. The van der Waals surface area contributed by atoms with E-state index in [1.807, 2.05) is 54.6 Å². The molecule has 0 aliphatic rings. The third-order valence-corrected chi connectivity index (χ3v) is 4.31. The van der Waals surface area contributed by atoms with E-state index in [2.05, 4.69) is 12.2 Å². The van der Waals surface area contributed by atoms with Gasteiger partial charge in [-0.05, 0) is 42.8 Å². The smallest absolute Gasteiger partial charge is 0.119 e. The minimum absolute atomic E-state index is 0.238. The number of unbranched alkanes of at least 4 members (excludes halogenated alkanes) is 5. The first-order chi connectivity index (χ1) is 13.3. The first-order valence-corrected chi connectivity index (χ1v) is 10.1. The summed E-state index contributed by atoms with van der Waals surface area (Å²) in [6.07, 6.45) is 6.84. The number of rotatable bonds is 14. The summed E-state index contributed by atoms with van der Waals surface area (Å²) in [6, 6.07) is 17.7. The Morgan fingerprint density at radius 1 is 0.815 bits per heavy atom. The lowest BCUT2D eigenvalue weighted by Gasteiger charge is -2.13. The topological polar surface area (TPSA) is 50.7 Å². The fraction of sp³-hybridized carbons (Fsp3) is 0.478. The summed E-state index contributed by atoms with van der Waals surface area (Å²) < 4.78 is 11.2. The van der Waals surface area contributed by atoms with E-state index < -0.39 is 6.10 Å². The van der Waals surface area contributed by atoms with Crippen molar-refractivity contribution in [3.8, 4) is 5.75 Å².